The van der Waals surface area contributed by atoms with Gasteiger partial charge in [0, 0.05) is 6.26 Å². The summed E-state index contributed by atoms with van der Waals surface area (Å²) in [4.78, 5) is 0. The summed E-state index contributed by atoms with van der Waals surface area (Å²) in [6, 6.07) is 0. The predicted octanol–water partition coefficient (Wildman–Crippen LogP) is 1.22. The van der Waals surface area contributed by atoms with Crippen LogP contribution in [0.3, 0.4) is 0 Å². The fraction of sp³-hybridized carbons (Fsp3) is 1.00. The lowest BCUT2D eigenvalue weighted by atomic mass is 9.80. The van der Waals surface area contributed by atoms with E-state index in [1.807, 2.05) is 0 Å². The third-order valence-corrected chi connectivity index (χ3v) is 4.86. The molecule has 14 heavy (non-hydrogen) atoms. The first kappa shape index (κ1) is 12.0. The van der Waals surface area contributed by atoms with Crippen molar-refractivity contribution in [3.63, 3.8) is 0 Å². The van der Waals surface area contributed by atoms with E-state index in [1.165, 1.54) is 6.26 Å². The number of aliphatic hydroxyl groups excluding tert-OH is 1. The Bertz CT molecular complexity index is 282. The maximum atomic E-state index is 11.5. The zero-order valence-corrected chi connectivity index (χ0v) is 9.92. The summed E-state index contributed by atoms with van der Waals surface area (Å²) in [6.45, 7) is 4.11. The van der Waals surface area contributed by atoms with E-state index < -0.39 is 15.9 Å². The fourth-order valence-corrected chi connectivity index (χ4v) is 4.04. The van der Waals surface area contributed by atoms with Crippen molar-refractivity contribution < 1.29 is 13.5 Å². The van der Waals surface area contributed by atoms with Gasteiger partial charge in [-0.25, -0.2) is 8.42 Å². The van der Waals surface area contributed by atoms with Crippen LogP contribution in [0.4, 0.5) is 0 Å². The van der Waals surface area contributed by atoms with Gasteiger partial charge in [0.05, 0.1) is 11.4 Å². The summed E-state index contributed by atoms with van der Waals surface area (Å²) in [6.07, 6.45) is 2.85. The summed E-state index contributed by atoms with van der Waals surface area (Å²) < 4.78 is 23.1. The summed E-state index contributed by atoms with van der Waals surface area (Å²) >= 11 is 0. The third kappa shape index (κ3) is 2.70. The second kappa shape index (κ2) is 4.19. The van der Waals surface area contributed by atoms with Gasteiger partial charge in [0.1, 0.15) is 0 Å². The minimum absolute atomic E-state index is 0.216. The Morgan fingerprint density at radius 2 is 1.86 bits per heavy atom. The topological polar surface area (TPSA) is 54.4 Å². The third-order valence-electron chi connectivity index (χ3n) is 3.22. The Hall–Kier alpha value is -0.0900. The molecule has 1 N–H and O–H groups in total. The minimum Gasteiger partial charge on any atom is -0.393 e. The molecule has 1 rings (SSSR count). The Balaban J connectivity index is 2.85. The van der Waals surface area contributed by atoms with E-state index in [9.17, 15) is 13.5 Å². The molecule has 0 aromatic heterocycles. The number of rotatable bonds is 2. The zero-order valence-electron chi connectivity index (χ0n) is 9.10. The number of aliphatic hydroxyl groups is 1. The Kier molecular flexibility index (Phi) is 3.58. The van der Waals surface area contributed by atoms with Crippen LogP contribution >= 0.6 is 0 Å². The van der Waals surface area contributed by atoms with E-state index in [1.54, 1.807) is 0 Å². The highest BCUT2D eigenvalue weighted by Crippen LogP contribution is 2.34. The van der Waals surface area contributed by atoms with Gasteiger partial charge >= 0.3 is 0 Å². The SMILES string of the molecule is CC(C)C1CCC(O)CC1S(C)(=O)=O. The summed E-state index contributed by atoms with van der Waals surface area (Å²) in [5, 5.41) is 9.14. The molecule has 3 unspecified atom stereocenters. The highest BCUT2D eigenvalue weighted by molar-refractivity contribution is 7.91. The van der Waals surface area contributed by atoms with Crippen LogP contribution in [-0.4, -0.2) is 31.1 Å². The van der Waals surface area contributed by atoms with Crippen LogP contribution in [0.5, 0.6) is 0 Å². The van der Waals surface area contributed by atoms with Gasteiger partial charge in [0.25, 0.3) is 0 Å². The first-order valence-corrected chi connectivity index (χ1v) is 7.14. The average molecular weight is 220 g/mol. The lowest BCUT2D eigenvalue weighted by Gasteiger charge is -2.35. The van der Waals surface area contributed by atoms with Crippen molar-refractivity contribution >= 4 is 9.84 Å². The van der Waals surface area contributed by atoms with Gasteiger partial charge in [0.2, 0.25) is 0 Å². The van der Waals surface area contributed by atoms with Gasteiger partial charge in [-0.15, -0.1) is 0 Å². The first-order valence-electron chi connectivity index (χ1n) is 5.19. The van der Waals surface area contributed by atoms with Crippen molar-refractivity contribution in [2.75, 3.05) is 6.26 Å². The fourth-order valence-electron chi connectivity index (χ4n) is 2.39. The predicted molar refractivity (Wildman–Crippen MR) is 56.8 cm³/mol. The van der Waals surface area contributed by atoms with E-state index in [0.717, 1.165) is 12.8 Å². The molecule has 0 aliphatic heterocycles. The normalized spacial score (nSPS) is 34.8. The highest BCUT2D eigenvalue weighted by atomic mass is 32.2. The van der Waals surface area contributed by atoms with Gasteiger partial charge in [-0.1, -0.05) is 13.8 Å². The molecule has 1 aliphatic rings. The summed E-state index contributed by atoms with van der Waals surface area (Å²) in [7, 11) is -3.01. The molecule has 0 saturated heterocycles. The van der Waals surface area contributed by atoms with Crippen molar-refractivity contribution in [2.24, 2.45) is 11.8 Å². The smallest absolute Gasteiger partial charge is 0.150 e. The number of hydrogen-bond donors (Lipinski definition) is 1. The molecule has 0 spiro atoms. The largest absolute Gasteiger partial charge is 0.393 e. The van der Waals surface area contributed by atoms with E-state index in [-0.39, 0.29) is 11.2 Å². The molecule has 3 atom stereocenters. The molecule has 1 fully saturated rings. The Morgan fingerprint density at radius 1 is 1.29 bits per heavy atom. The van der Waals surface area contributed by atoms with E-state index in [0.29, 0.717) is 12.3 Å². The molecular formula is C10H20O3S. The van der Waals surface area contributed by atoms with Gasteiger partial charge in [-0.2, -0.15) is 0 Å². The standard InChI is InChI=1S/C10H20O3S/c1-7(2)9-5-4-8(11)6-10(9)14(3,12)13/h7-11H,4-6H2,1-3H3. The maximum Gasteiger partial charge on any atom is 0.150 e. The molecule has 0 bridgehead atoms. The van der Waals surface area contributed by atoms with Crippen LogP contribution in [0.2, 0.25) is 0 Å². The van der Waals surface area contributed by atoms with Crippen LogP contribution in [0, 0.1) is 11.8 Å². The summed E-state index contributed by atoms with van der Waals surface area (Å²) in [5.41, 5.74) is 0. The number of hydrogen-bond acceptors (Lipinski definition) is 3. The molecule has 0 aromatic rings. The first-order chi connectivity index (χ1) is 6.32. The molecule has 1 saturated carbocycles. The van der Waals surface area contributed by atoms with E-state index in [4.69, 9.17) is 0 Å². The second-order valence-electron chi connectivity index (χ2n) is 4.74. The lowest BCUT2D eigenvalue weighted by Crippen LogP contribution is -2.39. The molecule has 3 nitrogen and oxygen atoms in total. The molecule has 0 heterocycles. The van der Waals surface area contributed by atoms with Gasteiger partial charge in [-0.05, 0) is 31.1 Å². The average Bonchev–Trinajstić information content (AvgIpc) is 2.01. The van der Waals surface area contributed by atoms with Gasteiger partial charge in [0.15, 0.2) is 9.84 Å². The molecule has 1 aliphatic carbocycles. The summed E-state index contributed by atoms with van der Waals surface area (Å²) in [5.74, 6) is 0.593. The molecule has 0 aromatic carbocycles. The lowest BCUT2D eigenvalue weighted by molar-refractivity contribution is 0.0987. The van der Waals surface area contributed by atoms with Crippen molar-refractivity contribution in [1.29, 1.82) is 0 Å². The van der Waals surface area contributed by atoms with Crippen molar-refractivity contribution in [1.82, 2.24) is 0 Å². The number of sulfone groups is 1. The van der Waals surface area contributed by atoms with E-state index in [2.05, 4.69) is 13.8 Å². The molecule has 4 heteroatoms. The molecule has 0 amide bonds. The zero-order chi connectivity index (χ0) is 10.9. The molecular weight excluding hydrogens is 200 g/mol. The Morgan fingerprint density at radius 3 is 2.29 bits per heavy atom. The van der Waals surface area contributed by atoms with Crippen molar-refractivity contribution in [3.05, 3.63) is 0 Å². The minimum atomic E-state index is -3.01. The van der Waals surface area contributed by atoms with Crippen molar-refractivity contribution in [2.45, 2.75) is 44.5 Å². The molecule has 0 radical (unpaired) electrons. The Labute approximate surface area is 86.4 Å². The quantitative estimate of drug-likeness (QED) is 0.761. The van der Waals surface area contributed by atoms with Crippen molar-refractivity contribution in [3.8, 4) is 0 Å². The van der Waals surface area contributed by atoms with Crippen LogP contribution in [0.1, 0.15) is 33.1 Å². The van der Waals surface area contributed by atoms with Crippen LogP contribution in [0.25, 0.3) is 0 Å². The monoisotopic (exact) mass is 220 g/mol. The highest BCUT2D eigenvalue weighted by Gasteiger charge is 2.37. The van der Waals surface area contributed by atoms with Gasteiger partial charge < -0.3 is 5.11 Å². The molecule has 84 valence electrons. The van der Waals surface area contributed by atoms with Crippen LogP contribution in [0.15, 0.2) is 0 Å². The van der Waals surface area contributed by atoms with E-state index >= 15 is 0 Å². The van der Waals surface area contributed by atoms with Crippen LogP contribution in [-0.2, 0) is 9.84 Å². The van der Waals surface area contributed by atoms with Gasteiger partial charge in [-0.3, -0.25) is 0 Å². The second-order valence-corrected chi connectivity index (χ2v) is 7.01. The maximum absolute atomic E-state index is 11.5. The van der Waals surface area contributed by atoms with Crippen LogP contribution < -0.4 is 0 Å².